The monoisotopic (exact) mass is 588 g/mol. The number of Topliss-reactive ketones (excluding diaryl/α,β-unsaturated/α-hetero) is 1. The van der Waals surface area contributed by atoms with E-state index in [1.54, 1.807) is 25.2 Å². The molecule has 2 amide bonds. The number of fused-ring (bicyclic) bond motifs is 1. The molecule has 13 heteroatoms. The lowest BCUT2D eigenvalue weighted by Crippen LogP contribution is -2.44. The molecule has 1 aliphatic carbocycles. The first-order valence-electron chi connectivity index (χ1n) is 14.8. The highest BCUT2D eigenvalue weighted by atomic mass is 16.2. The molecule has 0 bridgehead atoms. The Morgan fingerprint density at radius 1 is 1.09 bits per heavy atom. The number of anilines is 2. The molecular formula is C30H36N8O5. The summed E-state index contributed by atoms with van der Waals surface area (Å²) in [4.78, 5) is 72.4. The predicted molar refractivity (Wildman–Crippen MR) is 161 cm³/mol. The van der Waals surface area contributed by atoms with E-state index in [4.69, 9.17) is 10.7 Å². The maximum Gasteiger partial charge on any atom is 0.332 e. The van der Waals surface area contributed by atoms with Crippen LogP contribution in [-0.4, -0.2) is 61.5 Å². The SMILES string of the molecule is Cn1c(=O)n(CC(=O)c2ccccc2NC(=O)C2CCC(=O)N2)c(=O)c2c1nc(N1CCCC(N)C1)n2CC1=CCCC1. The van der Waals surface area contributed by atoms with E-state index in [0.29, 0.717) is 25.5 Å². The van der Waals surface area contributed by atoms with Crippen molar-refractivity contribution in [2.24, 2.45) is 12.8 Å². The van der Waals surface area contributed by atoms with Crippen LogP contribution in [0.2, 0.25) is 0 Å². The molecule has 2 fully saturated rings. The second-order valence-corrected chi connectivity index (χ2v) is 11.6. The molecule has 6 rings (SSSR count). The highest BCUT2D eigenvalue weighted by molar-refractivity contribution is 6.06. The number of benzene rings is 1. The number of aromatic nitrogens is 4. The smallest absolute Gasteiger partial charge is 0.332 e. The van der Waals surface area contributed by atoms with E-state index in [0.717, 1.165) is 43.2 Å². The highest BCUT2D eigenvalue weighted by Crippen LogP contribution is 2.27. The van der Waals surface area contributed by atoms with Crippen LogP contribution in [0.25, 0.3) is 11.2 Å². The fraction of sp³-hybridized carbons (Fsp3) is 0.467. The van der Waals surface area contributed by atoms with Gasteiger partial charge in [-0.05, 0) is 50.7 Å². The first-order chi connectivity index (χ1) is 20.7. The molecule has 3 aliphatic rings. The number of imidazole rings is 1. The molecule has 2 saturated heterocycles. The van der Waals surface area contributed by atoms with Gasteiger partial charge >= 0.3 is 5.69 Å². The zero-order valence-electron chi connectivity index (χ0n) is 24.2. The Morgan fingerprint density at radius 2 is 1.91 bits per heavy atom. The van der Waals surface area contributed by atoms with Crippen molar-refractivity contribution in [1.82, 2.24) is 24.0 Å². The molecule has 2 unspecified atom stereocenters. The van der Waals surface area contributed by atoms with Gasteiger partial charge in [-0.1, -0.05) is 23.8 Å². The van der Waals surface area contributed by atoms with E-state index >= 15 is 0 Å². The number of carbonyl (C=O) groups is 3. The second-order valence-electron chi connectivity index (χ2n) is 11.6. The number of aryl methyl sites for hydroxylation is 1. The molecule has 3 aromatic rings. The van der Waals surface area contributed by atoms with Crippen molar-refractivity contribution in [2.45, 2.75) is 70.1 Å². The third-order valence-corrected chi connectivity index (χ3v) is 8.55. The minimum absolute atomic E-state index is 0.0173. The molecule has 2 aliphatic heterocycles. The first kappa shape index (κ1) is 28.6. The molecule has 43 heavy (non-hydrogen) atoms. The van der Waals surface area contributed by atoms with E-state index in [-0.39, 0.29) is 40.8 Å². The number of amides is 2. The number of allylic oxidation sites excluding steroid dienone is 2. The van der Waals surface area contributed by atoms with E-state index in [2.05, 4.69) is 21.6 Å². The number of ketones is 1. The second kappa shape index (κ2) is 11.6. The maximum atomic E-state index is 14.1. The molecule has 1 aromatic carbocycles. The number of nitrogens with zero attached hydrogens (tertiary/aromatic N) is 5. The van der Waals surface area contributed by atoms with Crippen LogP contribution in [0.5, 0.6) is 0 Å². The first-order valence-corrected chi connectivity index (χ1v) is 14.8. The van der Waals surface area contributed by atoms with Gasteiger partial charge in [0.25, 0.3) is 5.56 Å². The number of para-hydroxylation sites is 1. The topological polar surface area (TPSA) is 166 Å². The standard InChI is InChI=1S/C30H36N8O5/c1-35-26-25(37(15-18-7-2-3-8-18)29(34-26)36-14-6-9-19(31)16-36)28(42)38(30(35)43)17-23(39)20-10-4-5-11-21(20)33-27(41)22-12-13-24(40)32-22/h4-5,7,10-11,19,22H,2-3,6,8-9,12-17,31H2,1H3,(H,32,40)(H,33,41). The number of carbonyl (C=O) groups excluding carboxylic acids is 3. The largest absolute Gasteiger partial charge is 0.344 e. The van der Waals surface area contributed by atoms with Gasteiger partial charge in [-0.2, -0.15) is 4.98 Å². The van der Waals surface area contributed by atoms with Gasteiger partial charge in [0.1, 0.15) is 6.04 Å². The van der Waals surface area contributed by atoms with Gasteiger partial charge in [-0.15, -0.1) is 0 Å². The van der Waals surface area contributed by atoms with Crippen molar-refractivity contribution in [2.75, 3.05) is 23.3 Å². The summed E-state index contributed by atoms with van der Waals surface area (Å²) in [6.45, 7) is 1.28. The van der Waals surface area contributed by atoms with E-state index in [1.807, 2.05) is 4.57 Å². The number of nitrogens with two attached hydrogens (primary N) is 1. The van der Waals surface area contributed by atoms with Gasteiger partial charge in [0.2, 0.25) is 17.8 Å². The summed E-state index contributed by atoms with van der Waals surface area (Å²) in [6.07, 6.45) is 7.56. The zero-order valence-corrected chi connectivity index (χ0v) is 24.2. The van der Waals surface area contributed by atoms with Crippen molar-refractivity contribution in [3.05, 3.63) is 62.3 Å². The van der Waals surface area contributed by atoms with Crippen LogP contribution < -0.4 is 32.5 Å². The van der Waals surface area contributed by atoms with Crippen LogP contribution in [0.1, 0.15) is 55.3 Å². The Hall–Kier alpha value is -4.52. The molecule has 4 N–H and O–H groups in total. The van der Waals surface area contributed by atoms with Gasteiger partial charge in [-0.3, -0.25) is 28.3 Å². The highest BCUT2D eigenvalue weighted by Gasteiger charge is 2.30. The Morgan fingerprint density at radius 3 is 2.63 bits per heavy atom. The van der Waals surface area contributed by atoms with Crippen LogP contribution in [0.15, 0.2) is 45.5 Å². The van der Waals surface area contributed by atoms with Crippen LogP contribution >= 0.6 is 0 Å². The lowest BCUT2D eigenvalue weighted by Gasteiger charge is -2.32. The maximum absolute atomic E-state index is 14.1. The Bertz CT molecular complexity index is 1770. The quantitative estimate of drug-likeness (QED) is 0.259. The van der Waals surface area contributed by atoms with Gasteiger partial charge in [-0.25, -0.2) is 4.79 Å². The molecule has 0 radical (unpaired) electrons. The Labute approximate surface area is 247 Å². The Kier molecular flexibility index (Phi) is 7.74. The third kappa shape index (κ3) is 5.52. The number of hydrogen-bond acceptors (Lipinski definition) is 8. The molecule has 2 aromatic heterocycles. The molecule has 0 spiro atoms. The van der Waals surface area contributed by atoms with Crippen molar-refractivity contribution >= 4 is 40.4 Å². The summed E-state index contributed by atoms with van der Waals surface area (Å²) in [5.41, 5.74) is 7.14. The minimum Gasteiger partial charge on any atom is -0.344 e. The van der Waals surface area contributed by atoms with E-state index in [9.17, 15) is 24.0 Å². The third-order valence-electron chi connectivity index (χ3n) is 8.55. The average molecular weight is 589 g/mol. The predicted octanol–water partition coefficient (Wildman–Crippen LogP) is 1.03. The lowest BCUT2D eigenvalue weighted by atomic mass is 10.1. The summed E-state index contributed by atoms with van der Waals surface area (Å²) in [6, 6.07) is 5.72. The van der Waals surface area contributed by atoms with E-state index < -0.39 is 35.5 Å². The van der Waals surface area contributed by atoms with Gasteiger partial charge < -0.3 is 25.8 Å². The number of hydrogen-bond donors (Lipinski definition) is 3. The van der Waals surface area contributed by atoms with Gasteiger partial charge in [0.15, 0.2) is 16.9 Å². The van der Waals surface area contributed by atoms with Crippen molar-refractivity contribution in [3.8, 4) is 0 Å². The molecule has 0 saturated carbocycles. The summed E-state index contributed by atoms with van der Waals surface area (Å²) in [5.74, 6) is -0.557. The average Bonchev–Trinajstić information content (AvgIpc) is 3.75. The lowest BCUT2D eigenvalue weighted by molar-refractivity contribution is -0.122. The molecule has 13 nitrogen and oxygen atoms in total. The summed E-state index contributed by atoms with van der Waals surface area (Å²) < 4.78 is 4.12. The fourth-order valence-electron chi connectivity index (χ4n) is 6.26. The normalized spacial score (nSPS) is 20.4. The van der Waals surface area contributed by atoms with Crippen LogP contribution in [0.4, 0.5) is 11.6 Å². The van der Waals surface area contributed by atoms with Crippen molar-refractivity contribution < 1.29 is 14.4 Å². The number of nitrogens with one attached hydrogen (secondary N) is 2. The number of rotatable bonds is 8. The van der Waals surface area contributed by atoms with E-state index in [1.165, 1.54) is 16.2 Å². The van der Waals surface area contributed by atoms with Gasteiger partial charge in [0, 0.05) is 44.7 Å². The Balaban J connectivity index is 1.38. The summed E-state index contributed by atoms with van der Waals surface area (Å²) in [5, 5.41) is 5.33. The summed E-state index contributed by atoms with van der Waals surface area (Å²) >= 11 is 0. The molecule has 226 valence electrons. The molecule has 4 heterocycles. The van der Waals surface area contributed by atoms with Crippen LogP contribution in [0, 0.1) is 0 Å². The fourth-order valence-corrected chi connectivity index (χ4v) is 6.26. The van der Waals surface area contributed by atoms with Crippen LogP contribution in [-0.2, 0) is 29.7 Å². The minimum atomic E-state index is -0.688. The van der Waals surface area contributed by atoms with Crippen molar-refractivity contribution in [1.29, 1.82) is 0 Å². The van der Waals surface area contributed by atoms with Crippen molar-refractivity contribution in [3.63, 3.8) is 0 Å². The molecule has 2 atom stereocenters. The van der Waals surface area contributed by atoms with Crippen LogP contribution in [0.3, 0.4) is 0 Å². The number of piperidine rings is 1. The summed E-state index contributed by atoms with van der Waals surface area (Å²) in [7, 11) is 1.55. The zero-order chi connectivity index (χ0) is 30.2. The van der Waals surface area contributed by atoms with Gasteiger partial charge in [0.05, 0.1) is 12.2 Å². The molecular weight excluding hydrogens is 552 g/mol.